The topological polar surface area (TPSA) is 61.4 Å². The highest BCUT2D eigenvalue weighted by atomic mass is 16.2. The SMILES string of the molecule is CC(=O)N(CCNC(=O)NC1CCCCC1)C1CCCCCC1. The van der Waals surface area contributed by atoms with Crippen LogP contribution in [0.5, 0.6) is 0 Å². The van der Waals surface area contributed by atoms with Crippen LogP contribution in [-0.2, 0) is 4.79 Å². The lowest BCUT2D eigenvalue weighted by Gasteiger charge is -2.30. The predicted octanol–water partition coefficient (Wildman–Crippen LogP) is 3.19. The van der Waals surface area contributed by atoms with E-state index in [4.69, 9.17) is 0 Å². The fraction of sp³-hybridized carbons (Fsp3) is 0.889. The Kier molecular flexibility index (Phi) is 7.69. The van der Waals surface area contributed by atoms with Gasteiger partial charge in [-0.25, -0.2) is 4.79 Å². The lowest BCUT2D eigenvalue weighted by molar-refractivity contribution is -0.131. The Bertz CT molecular complexity index is 372. The summed E-state index contributed by atoms with van der Waals surface area (Å²) in [6.07, 6.45) is 13.1. The minimum Gasteiger partial charge on any atom is -0.338 e. The second kappa shape index (κ2) is 9.78. The van der Waals surface area contributed by atoms with E-state index in [1.54, 1.807) is 6.92 Å². The number of rotatable bonds is 5. The zero-order valence-electron chi connectivity index (χ0n) is 14.6. The summed E-state index contributed by atoms with van der Waals surface area (Å²) in [7, 11) is 0. The van der Waals surface area contributed by atoms with Gasteiger partial charge in [0, 0.05) is 32.1 Å². The second-order valence-electron chi connectivity index (χ2n) is 7.09. The molecule has 5 nitrogen and oxygen atoms in total. The Morgan fingerprint density at radius 3 is 2.09 bits per heavy atom. The monoisotopic (exact) mass is 323 g/mol. The molecule has 0 aromatic rings. The Morgan fingerprint density at radius 1 is 0.913 bits per heavy atom. The van der Waals surface area contributed by atoms with Crippen LogP contribution in [-0.4, -0.2) is 42.0 Å². The molecule has 0 radical (unpaired) electrons. The molecule has 3 amide bonds. The molecule has 0 aliphatic heterocycles. The van der Waals surface area contributed by atoms with E-state index in [0.29, 0.717) is 25.2 Å². The molecule has 0 heterocycles. The molecular formula is C18H33N3O2. The molecule has 2 aliphatic carbocycles. The Hall–Kier alpha value is -1.26. The molecule has 0 saturated heterocycles. The van der Waals surface area contributed by atoms with Crippen LogP contribution in [0.3, 0.4) is 0 Å². The first kappa shape index (κ1) is 18.1. The molecule has 0 unspecified atom stereocenters. The minimum absolute atomic E-state index is 0.0822. The molecule has 2 rings (SSSR count). The fourth-order valence-corrected chi connectivity index (χ4v) is 3.94. The maximum absolute atomic E-state index is 12.0. The maximum Gasteiger partial charge on any atom is 0.315 e. The summed E-state index contributed by atoms with van der Waals surface area (Å²) in [5, 5.41) is 5.98. The number of hydrogen-bond donors (Lipinski definition) is 2. The summed E-state index contributed by atoms with van der Waals surface area (Å²) >= 11 is 0. The van der Waals surface area contributed by atoms with Crippen LogP contribution in [0.2, 0.25) is 0 Å². The van der Waals surface area contributed by atoms with Crippen molar-refractivity contribution in [2.45, 2.75) is 89.6 Å². The summed E-state index contributed by atoms with van der Waals surface area (Å²) in [6, 6.07) is 0.606. The molecule has 0 spiro atoms. The molecule has 2 aliphatic rings. The van der Waals surface area contributed by atoms with Gasteiger partial charge in [0.2, 0.25) is 5.91 Å². The number of nitrogens with one attached hydrogen (secondary N) is 2. The third-order valence-corrected chi connectivity index (χ3v) is 5.25. The van der Waals surface area contributed by atoms with Crippen molar-refractivity contribution in [2.75, 3.05) is 13.1 Å². The molecule has 0 atom stereocenters. The highest BCUT2D eigenvalue weighted by Crippen LogP contribution is 2.22. The maximum atomic E-state index is 12.0. The van der Waals surface area contributed by atoms with Gasteiger partial charge in [-0.3, -0.25) is 4.79 Å². The van der Waals surface area contributed by atoms with E-state index >= 15 is 0 Å². The van der Waals surface area contributed by atoms with Gasteiger partial charge in [0.15, 0.2) is 0 Å². The number of urea groups is 1. The summed E-state index contributed by atoms with van der Waals surface area (Å²) in [4.78, 5) is 25.9. The van der Waals surface area contributed by atoms with Gasteiger partial charge < -0.3 is 15.5 Å². The van der Waals surface area contributed by atoms with Gasteiger partial charge in [-0.15, -0.1) is 0 Å². The average Bonchev–Trinajstić information content (AvgIpc) is 2.81. The molecule has 0 aromatic heterocycles. The predicted molar refractivity (Wildman–Crippen MR) is 92.3 cm³/mol. The van der Waals surface area contributed by atoms with Crippen LogP contribution in [0.4, 0.5) is 4.79 Å². The van der Waals surface area contributed by atoms with Crippen LogP contribution in [0.1, 0.15) is 77.6 Å². The first-order valence-electron chi connectivity index (χ1n) is 9.48. The normalized spacial score (nSPS) is 20.6. The highest BCUT2D eigenvalue weighted by molar-refractivity contribution is 5.75. The first-order valence-corrected chi connectivity index (χ1v) is 9.48. The number of carbonyl (C=O) groups is 2. The molecular weight excluding hydrogens is 290 g/mol. The van der Waals surface area contributed by atoms with Gasteiger partial charge in [0.25, 0.3) is 0 Å². The first-order chi connectivity index (χ1) is 11.2. The quantitative estimate of drug-likeness (QED) is 0.763. The number of amides is 3. The third kappa shape index (κ3) is 6.40. The van der Waals surface area contributed by atoms with Crippen LogP contribution < -0.4 is 10.6 Å². The largest absolute Gasteiger partial charge is 0.338 e. The molecule has 5 heteroatoms. The Balaban J connectivity index is 1.70. The van der Waals surface area contributed by atoms with E-state index in [2.05, 4.69) is 10.6 Å². The lowest BCUT2D eigenvalue weighted by Crippen LogP contribution is -2.47. The minimum atomic E-state index is -0.0822. The number of hydrogen-bond acceptors (Lipinski definition) is 2. The Labute approximate surface area is 140 Å². The van der Waals surface area contributed by atoms with Gasteiger partial charge in [0.05, 0.1) is 0 Å². The van der Waals surface area contributed by atoms with E-state index in [0.717, 1.165) is 25.7 Å². The van der Waals surface area contributed by atoms with E-state index < -0.39 is 0 Å². The average molecular weight is 323 g/mol. The molecule has 23 heavy (non-hydrogen) atoms. The van der Waals surface area contributed by atoms with Crippen LogP contribution >= 0.6 is 0 Å². The van der Waals surface area contributed by atoms with Gasteiger partial charge in [-0.1, -0.05) is 44.9 Å². The van der Waals surface area contributed by atoms with Crippen molar-refractivity contribution < 1.29 is 9.59 Å². The second-order valence-corrected chi connectivity index (χ2v) is 7.09. The van der Waals surface area contributed by atoms with Crippen LogP contribution in [0, 0.1) is 0 Å². The zero-order valence-corrected chi connectivity index (χ0v) is 14.6. The molecule has 2 saturated carbocycles. The summed E-state index contributed by atoms with van der Waals surface area (Å²) < 4.78 is 0. The molecule has 0 bridgehead atoms. The summed E-state index contributed by atoms with van der Waals surface area (Å²) in [5.74, 6) is 0.131. The Morgan fingerprint density at radius 2 is 1.48 bits per heavy atom. The van der Waals surface area contributed by atoms with Gasteiger partial charge in [-0.2, -0.15) is 0 Å². The molecule has 2 N–H and O–H groups in total. The van der Waals surface area contributed by atoms with E-state index in [1.807, 2.05) is 4.90 Å². The molecule has 0 aromatic carbocycles. The zero-order chi connectivity index (χ0) is 16.5. The van der Waals surface area contributed by atoms with E-state index in [-0.39, 0.29) is 11.9 Å². The molecule has 2 fully saturated rings. The lowest BCUT2D eigenvalue weighted by atomic mass is 9.96. The smallest absolute Gasteiger partial charge is 0.315 e. The van der Waals surface area contributed by atoms with Crippen molar-refractivity contribution in [1.82, 2.24) is 15.5 Å². The fourth-order valence-electron chi connectivity index (χ4n) is 3.94. The summed E-state index contributed by atoms with van der Waals surface area (Å²) in [5.41, 5.74) is 0. The standard InChI is InChI=1S/C18H33N3O2/c1-15(22)21(17-11-7-2-3-8-12-17)14-13-19-18(23)20-16-9-5-4-6-10-16/h16-17H,2-14H2,1H3,(H2,19,20,23). The van der Waals surface area contributed by atoms with E-state index in [1.165, 1.54) is 44.9 Å². The number of nitrogens with zero attached hydrogens (tertiary/aromatic N) is 1. The highest BCUT2D eigenvalue weighted by Gasteiger charge is 2.22. The third-order valence-electron chi connectivity index (χ3n) is 5.25. The van der Waals surface area contributed by atoms with Crippen molar-refractivity contribution >= 4 is 11.9 Å². The molecule has 132 valence electrons. The van der Waals surface area contributed by atoms with Crippen molar-refractivity contribution in [2.24, 2.45) is 0 Å². The number of carbonyl (C=O) groups excluding carboxylic acids is 2. The summed E-state index contributed by atoms with van der Waals surface area (Å²) in [6.45, 7) is 2.81. The van der Waals surface area contributed by atoms with Gasteiger partial charge in [0.1, 0.15) is 0 Å². The van der Waals surface area contributed by atoms with Crippen LogP contribution in [0.25, 0.3) is 0 Å². The van der Waals surface area contributed by atoms with Gasteiger partial charge >= 0.3 is 6.03 Å². The van der Waals surface area contributed by atoms with Crippen molar-refractivity contribution in [3.63, 3.8) is 0 Å². The van der Waals surface area contributed by atoms with Crippen molar-refractivity contribution in [3.05, 3.63) is 0 Å². The van der Waals surface area contributed by atoms with Crippen molar-refractivity contribution in [1.29, 1.82) is 0 Å². The van der Waals surface area contributed by atoms with Crippen molar-refractivity contribution in [3.8, 4) is 0 Å². The van der Waals surface area contributed by atoms with Gasteiger partial charge in [-0.05, 0) is 25.7 Å². The van der Waals surface area contributed by atoms with E-state index in [9.17, 15) is 9.59 Å². The van der Waals surface area contributed by atoms with Crippen LogP contribution in [0.15, 0.2) is 0 Å².